The van der Waals surface area contributed by atoms with Gasteiger partial charge in [-0.15, -0.1) is 0 Å². The van der Waals surface area contributed by atoms with E-state index >= 15 is 0 Å². The first-order chi connectivity index (χ1) is 14.1. The van der Waals surface area contributed by atoms with E-state index in [2.05, 4.69) is 10.8 Å². The molecule has 2 aromatic carbocycles. The standard InChI is InChI=1S/C23H25N3O3/c1-25(23(27)16-11-12-20(28-2)21(14-16)29-3)19-9-5-4-8-17(19)18-15-26-13-7-6-10-22(26)24-18/h4-5,8-9,11-12,14-15H,6-7,10,13H2,1-3H3. The average Bonchev–Trinajstić information content (AvgIpc) is 3.21. The van der Waals surface area contributed by atoms with Gasteiger partial charge in [0.05, 0.1) is 25.6 Å². The van der Waals surface area contributed by atoms with Gasteiger partial charge in [0.2, 0.25) is 0 Å². The van der Waals surface area contributed by atoms with Crippen molar-refractivity contribution in [2.75, 3.05) is 26.2 Å². The molecular formula is C23H25N3O3. The summed E-state index contributed by atoms with van der Waals surface area (Å²) in [6.45, 7) is 1.00. The minimum atomic E-state index is -0.123. The molecule has 3 aromatic rings. The van der Waals surface area contributed by atoms with Crippen LogP contribution in [0.25, 0.3) is 11.3 Å². The number of benzene rings is 2. The van der Waals surface area contributed by atoms with Gasteiger partial charge in [0, 0.05) is 37.3 Å². The number of aromatic nitrogens is 2. The Labute approximate surface area is 170 Å². The maximum Gasteiger partial charge on any atom is 0.258 e. The number of carbonyl (C=O) groups is 1. The smallest absolute Gasteiger partial charge is 0.258 e. The number of aryl methyl sites for hydroxylation is 2. The number of anilines is 1. The lowest BCUT2D eigenvalue weighted by Crippen LogP contribution is -2.26. The number of para-hydroxylation sites is 1. The third-order valence-electron chi connectivity index (χ3n) is 5.39. The summed E-state index contributed by atoms with van der Waals surface area (Å²) in [5.74, 6) is 2.12. The third kappa shape index (κ3) is 3.58. The number of imidazole rings is 1. The van der Waals surface area contributed by atoms with Crippen molar-refractivity contribution in [3.63, 3.8) is 0 Å². The molecule has 150 valence electrons. The zero-order valence-corrected chi connectivity index (χ0v) is 17.0. The van der Waals surface area contributed by atoms with Crippen molar-refractivity contribution in [1.82, 2.24) is 9.55 Å². The summed E-state index contributed by atoms with van der Waals surface area (Å²) >= 11 is 0. The van der Waals surface area contributed by atoms with E-state index in [1.165, 1.54) is 12.8 Å². The van der Waals surface area contributed by atoms with Crippen LogP contribution in [0.5, 0.6) is 11.5 Å². The summed E-state index contributed by atoms with van der Waals surface area (Å²) in [7, 11) is 4.92. The van der Waals surface area contributed by atoms with Crippen molar-refractivity contribution >= 4 is 11.6 Å². The SMILES string of the molecule is COc1ccc(C(=O)N(C)c2ccccc2-c2cn3c(n2)CCCC3)cc1OC. The molecule has 29 heavy (non-hydrogen) atoms. The fraction of sp³-hybridized carbons (Fsp3) is 0.304. The van der Waals surface area contributed by atoms with Gasteiger partial charge in [-0.05, 0) is 37.1 Å². The largest absolute Gasteiger partial charge is 0.493 e. The van der Waals surface area contributed by atoms with E-state index < -0.39 is 0 Å². The minimum absolute atomic E-state index is 0.123. The molecule has 1 aliphatic heterocycles. The topological polar surface area (TPSA) is 56.6 Å². The Kier molecular flexibility index (Phi) is 5.25. The third-order valence-corrected chi connectivity index (χ3v) is 5.39. The molecule has 0 unspecified atom stereocenters. The van der Waals surface area contributed by atoms with E-state index in [4.69, 9.17) is 14.5 Å². The number of nitrogens with zero attached hydrogens (tertiary/aromatic N) is 3. The van der Waals surface area contributed by atoms with E-state index in [9.17, 15) is 4.79 Å². The van der Waals surface area contributed by atoms with Gasteiger partial charge in [-0.1, -0.05) is 18.2 Å². The van der Waals surface area contributed by atoms with Crippen molar-refractivity contribution in [1.29, 1.82) is 0 Å². The Morgan fingerprint density at radius 3 is 2.62 bits per heavy atom. The molecule has 4 rings (SSSR count). The van der Waals surface area contributed by atoms with Crippen LogP contribution in [0.1, 0.15) is 29.0 Å². The highest BCUT2D eigenvalue weighted by molar-refractivity contribution is 6.08. The second kappa shape index (κ2) is 7.99. The van der Waals surface area contributed by atoms with Crippen molar-refractivity contribution < 1.29 is 14.3 Å². The number of hydrogen-bond acceptors (Lipinski definition) is 4. The van der Waals surface area contributed by atoms with Gasteiger partial charge in [0.25, 0.3) is 5.91 Å². The Morgan fingerprint density at radius 2 is 1.86 bits per heavy atom. The van der Waals surface area contributed by atoms with Gasteiger partial charge in [0.15, 0.2) is 11.5 Å². The summed E-state index contributed by atoms with van der Waals surface area (Å²) in [6, 6.07) is 13.1. The fourth-order valence-corrected chi connectivity index (χ4v) is 3.80. The lowest BCUT2D eigenvalue weighted by atomic mass is 10.1. The van der Waals surface area contributed by atoms with Crippen LogP contribution in [0.3, 0.4) is 0 Å². The lowest BCUT2D eigenvalue weighted by Gasteiger charge is -2.21. The van der Waals surface area contributed by atoms with E-state index in [1.54, 1.807) is 44.4 Å². The molecule has 1 amide bonds. The molecule has 0 aliphatic carbocycles. The van der Waals surface area contributed by atoms with Crippen molar-refractivity contribution in [2.24, 2.45) is 0 Å². The van der Waals surface area contributed by atoms with Gasteiger partial charge in [-0.25, -0.2) is 4.98 Å². The average molecular weight is 391 g/mol. The Balaban J connectivity index is 1.68. The Bertz CT molecular complexity index is 1020. The normalized spacial score (nSPS) is 12.9. The molecule has 1 aliphatic rings. The van der Waals surface area contributed by atoms with E-state index in [-0.39, 0.29) is 5.91 Å². The second-order valence-corrected chi connectivity index (χ2v) is 7.14. The van der Waals surface area contributed by atoms with Crippen LogP contribution >= 0.6 is 0 Å². The second-order valence-electron chi connectivity index (χ2n) is 7.14. The monoisotopic (exact) mass is 391 g/mol. The van der Waals surface area contributed by atoms with Crippen molar-refractivity contribution in [3.05, 3.63) is 60.0 Å². The van der Waals surface area contributed by atoms with Crippen LogP contribution in [-0.2, 0) is 13.0 Å². The first-order valence-electron chi connectivity index (χ1n) is 9.78. The number of fused-ring (bicyclic) bond motifs is 1. The summed E-state index contributed by atoms with van der Waals surface area (Å²) in [5, 5.41) is 0. The Morgan fingerprint density at radius 1 is 1.07 bits per heavy atom. The molecule has 0 N–H and O–H groups in total. The summed E-state index contributed by atoms with van der Waals surface area (Å²) in [5.41, 5.74) is 3.21. The summed E-state index contributed by atoms with van der Waals surface area (Å²) in [6.07, 6.45) is 5.46. The highest BCUT2D eigenvalue weighted by Crippen LogP contribution is 2.33. The van der Waals surface area contributed by atoms with E-state index in [0.717, 1.165) is 35.7 Å². The van der Waals surface area contributed by atoms with Gasteiger partial charge < -0.3 is 18.9 Å². The van der Waals surface area contributed by atoms with Crippen LogP contribution in [0, 0.1) is 0 Å². The predicted octanol–water partition coefficient (Wildman–Crippen LogP) is 4.18. The molecule has 6 nitrogen and oxygen atoms in total. The first-order valence-corrected chi connectivity index (χ1v) is 9.78. The zero-order valence-electron chi connectivity index (χ0n) is 17.0. The highest BCUT2D eigenvalue weighted by Gasteiger charge is 2.21. The van der Waals surface area contributed by atoms with E-state index in [0.29, 0.717) is 17.1 Å². The first kappa shape index (κ1) is 19.1. The quantitative estimate of drug-likeness (QED) is 0.655. The van der Waals surface area contributed by atoms with Gasteiger partial charge >= 0.3 is 0 Å². The lowest BCUT2D eigenvalue weighted by molar-refractivity contribution is 0.0992. The molecular weight excluding hydrogens is 366 g/mol. The number of ether oxygens (including phenoxy) is 2. The van der Waals surface area contributed by atoms with E-state index in [1.807, 2.05) is 24.3 Å². The van der Waals surface area contributed by atoms with Crippen LogP contribution < -0.4 is 14.4 Å². The zero-order chi connectivity index (χ0) is 20.4. The number of rotatable bonds is 5. The Hall–Kier alpha value is -3.28. The van der Waals surface area contributed by atoms with Gasteiger partial charge in [0.1, 0.15) is 5.82 Å². The summed E-state index contributed by atoms with van der Waals surface area (Å²) in [4.78, 5) is 19.7. The van der Waals surface area contributed by atoms with Gasteiger partial charge in [-0.2, -0.15) is 0 Å². The van der Waals surface area contributed by atoms with Crippen molar-refractivity contribution in [3.8, 4) is 22.8 Å². The molecule has 1 aromatic heterocycles. The molecule has 0 saturated heterocycles. The highest BCUT2D eigenvalue weighted by atomic mass is 16.5. The predicted molar refractivity (Wildman–Crippen MR) is 113 cm³/mol. The van der Waals surface area contributed by atoms with Gasteiger partial charge in [-0.3, -0.25) is 4.79 Å². The number of amides is 1. The number of methoxy groups -OCH3 is 2. The maximum absolute atomic E-state index is 13.2. The molecule has 0 bridgehead atoms. The molecule has 6 heteroatoms. The molecule has 0 saturated carbocycles. The fourth-order valence-electron chi connectivity index (χ4n) is 3.80. The van der Waals surface area contributed by atoms with Crippen LogP contribution in [0.4, 0.5) is 5.69 Å². The van der Waals surface area contributed by atoms with Crippen LogP contribution in [-0.4, -0.2) is 36.7 Å². The molecule has 2 heterocycles. The molecule has 0 fully saturated rings. The number of carbonyl (C=O) groups excluding carboxylic acids is 1. The molecule has 0 radical (unpaired) electrons. The number of hydrogen-bond donors (Lipinski definition) is 0. The summed E-state index contributed by atoms with van der Waals surface area (Å²) < 4.78 is 12.8. The van der Waals surface area contributed by atoms with Crippen LogP contribution in [0.15, 0.2) is 48.7 Å². The molecule has 0 spiro atoms. The maximum atomic E-state index is 13.2. The van der Waals surface area contributed by atoms with Crippen LogP contribution in [0.2, 0.25) is 0 Å². The molecule has 0 atom stereocenters. The minimum Gasteiger partial charge on any atom is -0.493 e. The van der Waals surface area contributed by atoms with Crippen molar-refractivity contribution in [2.45, 2.75) is 25.8 Å².